The maximum absolute atomic E-state index is 11.6. The molecule has 0 aliphatic heterocycles. The summed E-state index contributed by atoms with van der Waals surface area (Å²) < 4.78 is 4.95. The molecule has 0 radical (unpaired) electrons. The van der Waals surface area contributed by atoms with Gasteiger partial charge in [-0.1, -0.05) is 23.8 Å². The Balaban J connectivity index is 2.15. The number of carbonyl (C=O) groups excluding carboxylic acids is 1. The standard InChI is InChI=1S/C16H16N2O2/c1-3-20-16(19)13-5-4-6-15(11-13)18-17-14-9-7-12(2)8-10-14/h4-11H,3H2,1-2H3. The van der Waals surface area contributed by atoms with Crippen molar-refractivity contribution in [1.29, 1.82) is 0 Å². The summed E-state index contributed by atoms with van der Waals surface area (Å²) in [6, 6.07) is 14.7. The highest BCUT2D eigenvalue weighted by Gasteiger charge is 2.06. The largest absolute Gasteiger partial charge is 0.462 e. The van der Waals surface area contributed by atoms with Gasteiger partial charge in [0.05, 0.1) is 23.5 Å². The number of benzene rings is 2. The lowest BCUT2D eigenvalue weighted by atomic mass is 10.2. The van der Waals surface area contributed by atoms with Gasteiger partial charge in [0.1, 0.15) is 0 Å². The molecule has 0 aliphatic rings. The highest BCUT2D eigenvalue weighted by atomic mass is 16.5. The van der Waals surface area contributed by atoms with Crippen molar-refractivity contribution in [3.8, 4) is 0 Å². The minimum absolute atomic E-state index is 0.347. The van der Waals surface area contributed by atoms with Crippen LogP contribution in [0, 0.1) is 6.92 Å². The second-order valence-electron chi connectivity index (χ2n) is 4.31. The second-order valence-corrected chi connectivity index (χ2v) is 4.31. The Bertz CT molecular complexity index is 619. The Morgan fingerprint density at radius 3 is 2.45 bits per heavy atom. The van der Waals surface area contributed by atoms with E-state index in [9.17, 15) is 4.79 Å². The zero-order valence-corrected chi connectivity index (χ0v) is 11.5. The lowest BCUT2D eigenvalue weighted by Gasteiger charge is -2.01. The Labute approximate surface area is 118 Å². The maximum atomic E-state index is 11.6. The van der Waals surface area contributed by atoms with Gasteiger partial charge in [0.15, 0.2) is 0 Å². The third-order valence-corrected chi connectivity index (χ3v) is 2.67. The van der Waals surface area contributed by atoms with Gasteiger partial charge in [-0.2, -0.15) is 10.2 Å². The Morgan fingerprint density at radius 2 is 1.75 bits per heavy atom. The first-order chi connectivity index (χ1) is 9.69. The molecule has 0 aromatic heterocycles. The topological polar surface area (TPSA) is 51.0 Å². The normalized spacial score (nSPS) is 10.7. The van der Waals surface area contributed by atoms with Crippen LogP contribution in [-0.2, 0) is 4.74 Å². The molecular formula is C16H16N2O2. The highest BCUT2D eigenvalue weighted by molar-refractivity contribution is 5.90. The molecule has 0 fully saturated rings. The third kappa shape index (κ3) is 3.75. The maximum Gasteiger partial charge on any atom is 0.338 e. The van der Waals surface area contributed by atoms with Crippen molar-refractivity contribution in [1.82, 2.24) is 0 Å². The minimum Gasteiger partial charge on any atom is -0.462 e. The molecule has 0 atom stereocenters. The van der Waals surface area contributed by atoms with Crippen molar-refractivity contribution in [2.24, 2.45) is 10.2 Å². The molecule has 0 N–H and O–H groups in total. The molecule has 0 aliphatic carbocycles. The third-order valence-electron chi connectivity index (χ3n) is 2.67. The number of azo groups is 1. The lowest BCUT2D eigenvalue weighted by Crippen LogP contribution is -2.03. The molecule has 0 spiro atoms. The second kappa shape index (κ2) is 6.61. The molecule has 20 heavy (non-hydrogen) atoms. The average molecular weight is 268 g/mol. The van der Waals surface area contributed by atoms with Crippen LogP contribution in [0.3, 0.4) is 0 Å². The molecule has 4 heteroatoms. The molecule has 4 nitrogen and oxygen atoms in total. The van der Waals surface area contributed by atoms with Crippen molar-refractivity contribution >= 4 is 17.3 Å². The van der Waals surface area contributed by atoms with Crippen LogP contribution >= 0.6 is 0 Å². The van der Waals surface area contributed by atoms with E-state index in [4.69, 9.17) is 4.74 Å². The molecule has 0 saturated heterocycles. The number of hydrogen-bond donors (Lipinski definition) is 0. The summed E-state index contributed by atoms with van der Waals surface area (Å²) in [4.78, 5) is 11.6. The fraction of sp³-hybridized carbons (Fsp3) is 0.188. The van der Waals surface area contributed by atoms with E-state index in [1.807, 2.05) is 31.2 Å². The Kier molecular flexibility index (Phi) is 4.60. The predicted octanol–water partition coefficient (Wildman–Crippen LogP) is 4.59. The molecule has 0 amide bonds. The monoisotopic (exact) mass is 268 g/mol. The van der Waals surface area contributed by atoms with E-state index in [0.717, 1.165) is 5.69 Å². The zero-order valence-electron chi connectivity index (χ0n) is 11.5. The van der Waals surface area contributed by atoms with E-state index in [1.54, 1.807) is 31.2 Å². The fourth-order valence-corrected chi connectivity index (χ4v) is 1.64. The van der Waals surface area contributed by atoms with Crippen LogP contribution in [0.1, 0.15) is 22.8 Å². The first-order valence-corrected chi connectivity index (χ1v) is 6.44. The number of nitrogens with zero attached hydrogens (tertiary/aromatic N) is 2. The lowest BCUT2D eigenvalue weighted by molar-refractivity contribution is 0.0526. The Morgan fingerprint density at radius 1 is 1.05 bits per heavy atom. The summed E-state index contributed by atoms with van der Waals surface area (Å²) in [6.07, 6.45) is 0. The van der Waals surface area contributed by atoms with Gasteiger partial charge in [-0.15, -0.1) is 0 Å². The van der Waals surface area contributed by atoms with Crippen molar-refractivity contribution < 1.29 is 9.53 Å². The number of esters is 1. The zero-order chi connectivity index (χ0) is 14.4. The van der Waals surface area contributed by atoms with Crippen molar-refractivity contribution in [3.05, 3.63) is 59.7 Å². The number of ether oxygens (including phenoxy) is 1. The summed E-state index contributed by atoms with van der Waals surface area (Å²) >= 11 is 0. The van der Waals surface area contributed by atoms with E-state index in [0.29, 0.717) is 17.9 Å². The number of carbonyl (C=O) groups is 1. The van der Waals surface area contributed by atoms with E-state index < -0.39 is 0 Å². The van der Waals surface area contributed by atoms with Crippen LogP contribution in [-0.4, -0.2) is 12.6 Å². The Hall–Kier alpha value is -2.49. The van der Waals surface area contributed by atoms with Crippen LogP contribution in [0.4, 0.5) is 11.4 Å². The van der Waals surface area contributed by atoms with E-state index in [2.05, 4.69) is 10.2 Å². The predicted molar refractivity (Wildman–Crippen MR) is 77.8 cm³/mol. The van der Waals surface area contributed by atoms with Gasteiger partial charge in [0.25, 0.3) is 0 Å². The van der Waals surface area contributed by atoms with Gasteiger partial charge >= 0.3 is 5.97 Å². The summed E-state index contributed by atoms with van der Waals surface area (Å²) in [5.74, 6) is -0.347. The van der Waals surface area contributed by atoms with E-state index in [-0.39, 0.29) is 5.97 Å². The van der Waals surface area contributed by atoms with Gasteiger partial charge in [-0.3, -0.25) is 0 Å². The van der Waals surface area contributed by atoms with Crippen LogP contribution in [0.25, 0.3) is 0 Å². The van der Waals surface area contributed by atoms with Gasteiger partial charge in [-0.25, -0.2) is 4.79 Å². The smallest absolute Gasteiger partial charge is 0.338 e. The van der Waals surface area contributed by atoms with Crippen LogP contribution < -0.4 is 0 Å². The average Bonchev–Trinajstić information content (AvgIpc) is 2.47. The quantitative estimate of drug-likeness (QED) is 0.601. The minimum atomic E-state index is -0.347. The molecule has 0 saturated carbocycles. The molecule has 2 aromatic rings. The van der Waals surface area contributed by atoms with Gasteiger partial charge < -0.3 is 4.74 Å². The summed E-state index contributed by atoms with van der Waals surface area (Å²) in [6.45, 7) is 4.15. The van der Waals surface area contributed by atoms with Crippen LogP contribution in [0.5, 0.6) is 0 Å². The first-order valence-electron chi connectivity index (χ1n) is 6.44. The molecule has 2 rings (SSSR count). The molecule has 0 unspecified atom stereocenters. The van der Waals surface area contributed by atoms with Crippen molar-refractivity contribution in [2.45, 2.75) is 13.8 Å². The molecule has 2 aromatic carbocycles. The fourth-order valence-electron chi connectivity index (χ4n) is 1.64. The van der Waals surface area contributed by atoms with E-state index >= 15 is 0 Å². The summed E-state index contributed by atoms with van der Waals surface area (Å²) in [5, 5.41) is 8.26. The summed E-state index contributed by atoms with van der Waals surface area (Å²) in [5.41, 5.74) is 3.05. The molecular weight excluding hydrogens is 252 g/mol. The first kappa shape index (κ1) is 13.9. The van der Waals surface area contributed by atoms with Gasteiger partial charge in [-0.05, 0) is 44.2 Å². The number of hydrogen-bond acceptors (Lipinski definition) is 4. The summed E-state index contributed by atoms with van der Waals surface area (Å²) in [7, 11) is 0. The molecule has 0 heterocycles. The van der Waals surface area contributed by atoms with Gasteiger partial charge in [0, 0.05) is 0 Å². The van der Waals surface area contributed by atoms with E-state index in [1.165, 1.54) is 5.56 Å². The molecule has 102 valence electrons. The van der Waals surface area contributed by atoms with Crippen LogP contribution in [0.2, 0.25) is 0 Å². The SMILES string of the molecule is CCOC(=O)c1cccc(N=Nc2ccc(C)cc2)c1. The van der Waals surface area contributed by atoms with Gasteiger partial charge in [0.2, 0.25) is 0 Å². The number of rotatable bonds is 4. The highest BCUT2D eigenvalue weighted by Crippen LogP contribution is 2.20. The number of aryl methyl sites for hydroxylation is 1. The van der Waals surface area contributed by atoms with Crippen molar-refractivity contribution in [2.75, 3.05) is 6.61 Å². The molecule has 0 bridgehead atoms. The van der Waals surface area contributed by atoms with Crippen molar-refractivity contribution in [3.63, 3.8) is 0 Å². The van der Waals surface area contributed by atoms with Crippen LogP contribution in [0.15, 0.2) is 58.8 Å².